The molecule has 0 aromatic heterocycles. The summed E-state index contributed by atoms with van der Waals surface area (Å²) in [7, 11) is 1.16. The molecule has 88 valence electrons. The number of esters is 1. The number of rotatable bonds is 3. The Kier molecular flexibility index (Phi) is 4.01. The fourth-order valence-electron chi connectivity index (χ4n) is 1.28. The number of nitro benzene ring substituents is 1. The van der Waals surface area contributed by atoms with E-state index in [9.17, 15) is 14.9 Å². The maximum atomic E-state index is 11.4. The fourth-order valence-corrected chi connectivity index (χ4v) is 1.50. The number of nitro groups is 1. The number of halogens is 1. The number of nitriles is 1. The van der Waals surface area contributed by atoms with Gasteiger partial charge in [-0.25, -0.2) is 4.79 Å². The van der Waals surface area contributed by atoms with Crippen LogP contribution >= 0.6 is 11.6 Å². The van der Waals surface area contributed by atoms with Crippen LogP contribution in [0.4, 0.5) is 5.69 Å². The summed E-state index contributed by atoms with van der Waals surface area (Å²) in [6.07, 6.45) is 0. The molecule has 0 fully saturated rings. The van der Waals surface area contributed by atoms with Gasteiger partial charge in [-0.05, 0) is 6.07 Å². The number of ether oxygens (including phenoxy) is 1. The molecular weight excluding hydrogens is 248 g/mol. The monoisotopic (exact) mass is 254 g/mol. The second kappa shape index (κ2) is 5.27. The van der Waals surface area contributed by atoms with Crippen molar-refractivity contribution in [2.75, 3.05) is 7.11 Å². The molecule has 0 saturated carbocycles. The lowest BCUT2D eigenvalue weighted by Crippen LogP contribution is -2.06. The van der Waals surface area contributed by atoms with E-state index in [0.717, 1.165) is 13.2 Å². The van der Waals surface area contributed by atoms with Gasteiger partial charge in [0.05, 0.1) is 29.0 Å². The average molecular weight is 255 g/mol. The average Bonchev–Trinajstić information content (AvgIpc) is 2.35. The molecule has 0 aliphatic rings. The fraction of sp³-hybridized carbons (Fsp3) is 0.200. The summed E-state index contributed by atoms with van der Waals surface area (Å²) in [6.45, 7) is 0. The van der Waals surface area contributed by atoms with E-state index < -0.39 is 10.9 Å². The molecule has 6 nitrogen and oxygen atoms in total. The zero-order valence-corrected chi connectivity index (χ0v) is 9.52. The number of hydrogen-bond donors (Lipinski definition) is 0. The topological polar surface area (TPSA) is 93.2 Å². The molecule has 0 N–H and O–H groups in total. The normalized spacial score (nSPS) is 9.47. The van der Waals surface area contributed by atoms with E-state index >= 15 is 0 Å². The Labute approximate surface area is 102 Å². The van der Waals surface area contributed by atoms with E-state index in [1.165, 1.54) is 6.07 Å². The highest BCUT2D eigenvalue weighted by atomic mass is 35.5. The van der Waals surface area contributed by atoms with E-state index in [1.807, 2.05) is 0 Å². The minimum absolute atomic E-state index is 0.0312. The highest BCUT2D eigenvalue weighted by Crippen LogP contribution is 2.25. The molecule has 0 radical (unpaired) electrons. The molecular formula is C10H7ClN2O4. The quantitative estimate of drug-likeness (QED) is 0.356. The summed E-state index contributed by atoms with van der Waals surface area (Å²) in [4.78, 5) is 21.4. The van der Waals surface area contributed by atoms with Crippen molar-refractivity contribution >= 4 is 23.3 Å². The minimum Gasteiger partial charge on any atom is -0.465 e. The number of nitrogens with zero attached hydrogens (tertiary/aromatic N) is 2. The van der Waals surface area contributed by atoms with Crippen LogP contribution < -0.4 is 0 Å². The Morgan fingerprint density at radius 3 is 2.71 bits per heavy atom. The van der Waals surface area contributed by atoms with Crippen molar-refractivity contribution in [1.29, 1.82) is 5.26 Å². The number of alkyl halides is 1. The zero-order valence-electron chi connectivity index (χ0n) is 8.77. The Bertz CT molecular complexity index is 522. The molecule has 0 unspecified atom stereocenters. The first kappa shape index (κ1) is 12.9. The van der Waals surface area contributed by atoms with Gasteiger partial charge < -0.3 is 4.74 Å². The van der Waals surface area contributed by atoms with Crippen molar-refractivity contribution in [3.63, 3.8) is 0 Å². The molecule has 0 spiro atoms. The standard InChI is InChI=1S/C10H7ClN2O4/c1-17-10(14)8-2-6(4-11)9(13(15)16)3-7(8)5-12/h2-3H,4H2,1H3. The highest BCUT2D eigenvalue weighted by molar-refractivity contribution is 6.17. The van der Waals surface area contributed by atoms with E-state index in [2.05, 4.69) is 4.74 Å². The first-order chi connectivity index (χ1) is 8.04. The summed E-state index contributed by atoms with van der Waals surface area (Å²) in [5.74, 6) is -0.866. The van der Waals surface area contributed by atoms with Crippen molar-refractivity contribution in [2.24, 2.45) is 0 Å². The summed E-state index contributed by atoms with van der Waals surface area (Å²) in [5.41, 5.74) is -0.270. The lowest BCUT2D eigenvalue weighted by molar-refractivity contribution is -0.385. The molecule has 0 amide bonds. The largest absolute Gasteiger partial charge is 0.465 e. The van der Waals surface area contributed by atoms with Crippen LogP contribution in [-0.4, -0.2) is 18.0 Å². The van der Waals surface area contributed by atoms with E-state index in [0.29, 0.717) is 0 Å². The maximum Gasteiger partial charge on any atom is 0.339 e. The first-order valence-corrected chi connectivity index (χ1v) is 4.94. The molecule has 17 heavy (non-hydrogen) atoms. The Hall–Kier alpha value is -2.13. The van der Waals surface area contributed by atoms with Gasteiger partial charge in [0.15, 0.2) is 0 Å². The predicted octanol–water partition coefficient (Wildman–Crippen LogP) is 1.99. The van der Waals surface area contributed by atoms with Gasteiger partial charge in [0.2, 0.25) is 0 Å². The summed E-state index contributed by atoms with van der Waals surface area (Å²) in [6, 6.07) is 3.93. The molecule has 0 saturated heterocycles. The van der Waals surface area contributed by atoms with Crippen molar-refractivity contribution in [1.82, 2.24) is 0 Å². The Morgan fingerprint density at radius 1 is 1.65 bits per heavy atom. The zero-order chi connectivity index (χ0) is 13.0. The van der Waals surface area contributed by atoms with Crippen LogP contribution in [0.15, 0.2) is 12.1 Å². The first-order valence-electron chi connectivity index (χ1n) is 4.40. The highest BCUT2D eigenvalue weighted by Gasteiger charge is 2.21. The Morgan fingerprint density at radius 2 is 2.29 bits per heavy atom. The van der Waals surface area contributed by atoms with Gasteiger partial charge in [-0.15, -0.1) is 11.6 Å². The van der Waals surface area contributed by atoms with Crippen molar-refractivity contribution in [2.45, 2.75) is 5.88 Å². The molecule has 1 aromatic carbocycles. The van der Waals surface area contributed by atoms with E-state index in [-0.39, 0.29) is 28.3 Å². The van der Waals surface area contributed by atoms with Crippen molar-refractivity contribution in [3.05, 3.63) is 38.9 Å². The lowest BCUT2D eigenvalue weighted by atomic mass is 10.0. The number of benzene rings is 1. The summed E-state index contributed by atoms with van der Waals surface area (Å²) in [5, 5.41) is 19.5. The minimum atomic E-state index is -0.734. The molecule has 0 aliphatic carbocycles. The van der Waals surface area contributed by atoms with Gasteiger partial charge in [-0.1, -0.05) is 0 Å². The van der Waals surface area contributed by atoms with Gasteiger partial charge in [0.25, 0.3) is 5.69 Å². The van der Waals surface area contributed by atoms with Gasteiger partial charge in [0, 0.05) is 11.6 Å². The van der Waals surface area contributed by atoms with Crippen LogP contribution in [0.3, 0.4) is 0 Å². The summed E-state index contributed by atoms with van der Waals surface area (Å²) < 4.78 is 4.48. The van der Waals surface area contributed by atoms with Gasteiger partial charge >= 0.3 is 5.97 Å². The third kappa shape index (κ3) is 2.52. The van der Waals surface area contributed by atoms with Crippen LogP contribution in [0.5, 0.6) is 0 Å². The second-order valence-electron chi connectivity index (χ2n) is 3.02. The van der Waals surface area contributed by atoms with Gasteiger partial charge in [0.1, 0.15) is 6.07 Å². The number of methoxy groups -OCH3 is 1. The van der Waals surface area contributed by atoms with E-state index in [1.54, 1.807) is 6.07 Å². The molecule has 7 heteroatoms. The van der Waals surface area contributed by atoms with E-state index in [4.69, 9.17) is 16.9 Å². The molecule has 0 aliphatic heterocycles. The Balaban J connectivity index is 3.50. The maximum absolute atomic E-state index is 11.4. The lowest BCUT2D eigenvalue weighted by Gasteiger charge is -2.05. The second-order valence-corrected chi connectivity index (χ2v) is 3.29. The molecule has 0 bridgehead atoms. The van der Waals surface area contributed by atoms with Crippen molar-refractivity contribution < 1.29 is 14.5 Å². The number of carbonyl (C=O) groups excluding carboxylic acids is 1. The smallest absolute Gasteiger partial charge is 0.339 e. The van der Waals surface area contributed by atoms with Gasteiger partial charge in [-0.2, -0.15) is 5.26 Å². The van der Waals surface area contributed by atoms with Crippen LogP contribution in [0, 0.1) is 21.4 Å². The molecule has 0 heterocycles. The van der Waals surface area contributed by atoms with Crippen molar-refractivity contribution in [3.8, 4) is 6.07 Å². The molecule has 1 aromatic rings. The van der Waals surface area contributed by atoms with Crippen LogP contribution in [0.1, 0.15) is 21.5 Å². The third-order valence-electron chi connectivity index (χ3n) is 2.09. The molecule has 1 rings (SSSR count). The summed E-state index contributed by atoms with van der Waals surface area (Å²) >= 11 is 5.55. The van der Waals surface area contributed by atoms with Crippen LogP contribution in [-0.2, 0) is 10.6 Å². The van der Waals surface area contributed by atoms with Crippen LogP contribution in [0.2, 0.25) is 0 Å². The van der Waals surface area contributed by atoms with Gasteiger partial charge in [-0.3, -0.25) is 10.1 Å². The number of hydrogen-bond acceptors (Lipinski definition) is 5. The van der Waals surface area contributed by atoms with Crippen LogP contribution in [0.25, 0.3) is 0 Å². The SMILES string of the molecule is COC(=O)c1cc(CCl)c([N+](=O)[O-])cc1C#N. The third-order valence-corrected chi connectivity index (χ3v) is 2.37. The predicted molar refractivity (Wildman–Crippen MR) is 58.7 cm³/mol. The number of carbonyl (C=O) groups is 1. The molecule has 0 atom stereocenters.